The van der Waals surface area contributed by atoms with Crippen LogP contribution in [-0.2, 0) is 9.59 Å². The lowest BCUT2D eigenvalue weighted by atomic mass is 10.2. The van der Waals surface area contributed by atoms with E-state index in [1.165, 1.54) is 4.90 Å². The lowest BCUT2D eigenvalue weighted by Crippen LogP contribution is -2.45. The Hall–Kier alpha value is -1.18. The van der Waals surface area contributed by atoms with Crippen LogP contribution >= 0.6 is 0 Å². The van der Waals surface area contributed by atoms with Crippen molar-refractivity contribution in [2.24, 2.45) is 22.9 Å². The topological polar surface area (TPSA) is 141 Å². The molecule has 0 rings (SSSR count). The predicted molar refractivity (Wildman–Crippen MR) is 56.5 cm³/mol. The standard InChI is InChI=1S/C8H19N5O2/c9-1-3-13(4-2-10)7(14)5-6(11)8(12)15/h6H,1-5,9-11H2,(H2,12,15). The number of nitrogens with zero attached hydrogens (tertiary/aromatic N) is 1. The molecule has 2 amide bonds. The maximum absolute atomic E-state index is 11.6. The molecule has 0 radical (unpaired) electrons. The van der Waals surface area contributed by atoms with E-state index >= 15 is 0 Å². The van der Waals surface area contributed by atoms with Crippen molar-refractivity contribution in [1.82, 2.24) is 4.90 Å². The Balaban J connectivity index is 4.18. The summed E-state index contributed by atoms with van der Waals surface area (Å²) < 4.78 is 0. The summed E-state index contributed by atoms with van der Waals surface area (Å²) in [5, 5.41) is 0. The lowest BCUT2D eigenvalue weighted by Gasteiger charge is -2.22. The SMILES string of the molecule is NCCN(CCN)C(=O)CC(N)C(N)=O. The Morgan fingerprint density at radius 3 is 1.93 bits per heavy atom. The molecule has 0 fully saturated rings. The number of primary amides is 1. The van der Waals surface area contributed by atoms with Gasteiger partial charge < -0.3 is 27.8 Å². The zero-order valence-electron chi connectivity index (χ0n) is 8.69. The summed E-state index contributed by atoms with van der Waals surface area (Å²) in [6.45, 7) is 1.50. The highest BCUT2D eigenvalue weighted by molar-refractivity contribution is 5.87. The number of nitrogens with two attached hydrogens (primary N) is 4. The van der Waals surface area contributed by atoms with Crippen molar-refractivity contribution in [1.29, 1.82) is 0 Å². The van der Waals surface area contributed by atoms with Crippen LogP contribution in [0.4, 0.5) is 0 Å². The van der Waals surface area contributed by atoms with E-state index in [0.717, 1.165) is 0 Å². The molecule has 88 valence electrons. The van der Waals surface area contributed by atoms with Crippen molar-refractivity contribution in [2.45, 2.75) is 12.5 Å². The van der Waals surface area contributed by atoms with Crippen LogP contribution in [0.3, 0.4) is 0 Å². The average Bonchev–Trinajstić information content (AvgIpc) is 2.17. The van der Waals surface area contributed by atoms with E-state index in [4.69, 9.17) is 22.9 Å². The van der Waals surface area contributed by atoms with Gasteiger partial charge >= 0.3 is 0 Å². The summed E-state index contributed by atoms with van der Waals surface area (Å²) in [4.78, 5) is 23.7. The number of hydrogen-bond donors (Lipinski definition) is 4. The number of carbonyl (C=O) groups excluding carboxylic acids is 2. The normalized spacial score (nSPS) is 12.2. The van der Waals surface area contributed by atoms with E-state index < -0.39 is 11.9 Å². The Morgan fingerprint density at radius 1 is 1.13 bits per heavy atom. The van der Waals surface area contributed by atoms with Gasteiger partial charge in [-0.25, -0.2) is 0 Å². The van der Waals surface area contributed by atoms with Crippen LogP contribution in [0.1, 0.15) is 6.42 Å². The van der Waals surface area contributed by atoms with Gasteiger partial charge in [0.1, 0.15) is 0 Å². The molecule has 0 aromatic rings. The van der Waals surface area contributed by atoms with Gasteiger partial charge in [-0.3, -0.25) is 9.59 Å². The van der Waals surface area contributed by atoms with Gasteiger partial charge in [-0.05, 0) is 0 Å². The second-order valence-corrected chi connectivity index (χ2v) is 3.17. The van der Waals surface area contributed by atoms with Gasteiger partial charge in [0, 0.05) is 26.2 Å². The van der Waals surface area contributed by atoms with Gasteiger partial charge in [0.15, 0.2) is 0 Å². The van der Waals surface area contributed by atoms with Crippen LogP contribution in [0.2, 0.25) is 0 Å². The minimum Gasteiger partial charge on any atom is -0.368 e. The van der Waals surface area contributed by atoms with Gasteiger partial charge in [-0.2, -0.15) is 0 Å². The summed E-state index contributed by atoms with van der Waals surface area (Å²) in [6, 6.07) is -0.949. The maximum Gasteiger partial charge on any atom is 0.234 e. The molecule has 1 unspecified atom stereocenters. The number of amides is 2. The molecule has 8 N–H and O–H groups in total. The Kier molecular flexibility index (Phi) is 6.59. The highest BCUT2D eigenvalue weighted by Gasteiger charge is 2.18. The fourth-order valence-corrected chi connectivity index (χ4v) is 1.09. The van der Waals surface area contributed by atoms with Crippen molar-refractivity contribution in [3.05, 3.63) is 0 Å². The van der Waals surface area contributed by atoms with Crippen LogP contribution < -0.4 is 22.9 Å². The Morgan fingerprint density at radius 2 is 1.60 bits per heavy atom. The molecular weight excluding hydrogens is 198 g/mol. The van der Waals surface area contributed by atoms with Crippen LogP contribution in [0, 0.1) is 0 Å². The summed E-state index contributed by atoms with van der Waals surface area (Å²) in [5.74, 6) is -0.944. The molecule has 0 saturated heterocycles. The Labute approximate surface area is 88.7 Å². The first-order chi connectivity index (χ1) is 7.02. The minimum atomic E-state index is -0.949. The molecule has 7 nitrogen and oxygen atoms in total. The van der Waals surface area contributed by atoms with E-state index in [0.29, 0.717) is 26.2 Å². The molecule has 0 aliphatic carbocycles. The summed E-state index contributed by atoms with van der Waals surface area (Å²) in [7, 11) is 0. The molecule has 7 heteroatoms. The van der Waals surface area contributed by atoms with Crippen LogP contribution in [0.5, 0.6) is 0 Å². The quantitative estimate of drug-likeness (QED) is 0.358. The van der Waals surface area contributed by atoms with E-state index in [2.05, 4.69) is 0 Å². The van der Waals surface area contributed by atoms with Crippen molar-refractivity contribution >= 4 is 11.8 Å². The fraction of sp³-hybridized carbons (Fsp3) is 0.750. The molecule has 0 heterocycles. The number of hydrogen-bond acceptors (Lipinski definition) is 5. The minimum absolute atomic E-state index is 0.102. The lowest BCUT2D eigenvalue weighted by molar-refractivity contribution is -0.133. The van der Waals surface area contributed by atoms with Crippen LogP contribution in [-0.4, -0.2) is 48.9 Å². The fourth-order valence-electron chi connectivity index (χ4n) is 1.09. The van der Waals surface area contributed by atoms with E-state index in [9.17, 15) is 9.59 Å². The van der Waals surface area contributed by atoms with Gasteiger partial charge in [0.25, 0.3) is 0 Å². The molecular formula is C8H19N5O2. The first kappa shape index (κ1) is 13.8. The van der Waals surface area contributed by atoms with E-state index in [1.807, 2.05) is 0 Å². The third kappa shape index (κ3) is 5.31. The highest BCUT2D eigenvalue weighted by Crippen LogP contribution is 1.96. The van der Waals surface area contributed by atoms with Crippen molar-refractivity contribution < 1.29 is 9.59 Å². The first-order valence-corrected chi connectivity index (χ1v) is 4.75. The predicted octanol–water partition coefficient (Wildman–Crippen LogP) is -3.06. The molecule has 0 bridgehead atoms. The van der Waals surface area contributed by atoms with Gasteiger partial charge in [0.05, 0.1) is 12.5 Å². The molecule has 15 heavy (non-hydrogen) atoms. The van der Waals surface area contributed by atoms with Crippen molar-refractivity contribution in [3.63, 3.8) is 0 Å². The third-order valence-electron chi connectivity index (χ3n) is 1.91. The zero-order chi connectivity index (χ0) is 11.8. The van der Waals surface area contributed by atoms with E-state index in [1.54, 1.807) is 0 Å². The molecule has 0 aliphatic rings. The molecule has 1 atom stereocenters. The molecule has 0 aromatic carbocycles. The second kappa shape index (κ2) is 7.16. The smallest absolute Gasteiger partial charge is 0.234 e. The second-order valence-electron chi connectivity index (χ2n) is 3.17. The van der Waals surface area contributed by atoms with Gasteiger partial charge in [0.2, 0.25) is 11.8 Å². The third-order valence-corrected chi connectivity index (χ3v) is 1.91. The summed E-state index contributed by atoms with van der Waals surface area (Å²) >= 11 is 0. The molecule has 0 aromatic heterocycles. The summed E-state index contributed by atoms with van der Waals surface area (Å²) in [5.41, 5.74) is 21.0. The van der Waals surface area contributed by atoms with Crippen LogP contribution in [0.15, 0.2) is 0 Å². The van der Waals surface area contributed by atoms with Crippen molar-refractivity contribution in [3.8, 4) is 0 Å². The Bertz CT molecular complexity index is 215. The van der Waals surface area contributed by atoms with Crippen LogP contribution in [0.25, 0.3) is 0 Å². The van der Waals surface area contributed by atoms with Crippen molar-refractivity contribution in [2.75, 3.05) is 26.2 Å². The average molecular weight is 217 g/mol. The van der Waals surface area contributed by atoms with Gasteiger partial charge in [-0.15, -0.1) is 0 Å². The molecule has 0 spiro atoms. The maximum atomic E-state index is 11.6. The largest absolute Gasteiger partial charge is 0.368 e. The molecule has 0 aliphatic heterocycles. The summed E-state index contributed by atoms with van der Waals surface area (Å²) in [6.07, 6.45) is -0.102. The first-order valence-electron chi connectivity index (χ1n) is 4.75. The van der Waals surface area contributed by atoms with E-state index in [-0.39, 0.29) is 12.3 Å². The monoisotopic (exact) mass is 217 g/mol. The highest BCUT2D eigenvalue weighted by atomic mass is 16.2. The zero-order valence-corrected chi connectivity index (χ0v) is 8.69. The number of carbonyl (C=O) groups is 2. The van der Waals surface area contributed by atoms with Gasteiger partial charge in [-0.1, -0.05) is 0 Å². The number of rotatable bonds is 7. The molecule has 0 saturated carbocycles.